The van der Waals surface area contributed by atoms with Crippen molar-refractivity contribution in [3.63, 3.8) is 0 Å². The predicted molar refractivity (Wildman–Crippen MR) is 233 cm³/mol. The summed E-state index contributed by atoms with van der Waals surface area (Å²) in [4.78, 5) is 2.51. The molecular formula is C54H43N. The van der Waals surface area contributed by atoms with Crippen LogP contribution in [0.5, 0.6) is 0 Å². The minimum Gasteiger partial charge on any atom is -0.310 e. The van der Waals surface area contributed by atoms with Crippen LogP contribution in [0.2, 0.25) is 0 Å². The van der Waals surface area contributed by atoms with Gasteiger partial charge in [-0.3, -0.25) is 0 Å². The molecule has 2 aliphatic rings. The molecule has 0 fully saturated rings. The summed E-state index contributed by atoms with van der Waals surface area (Å²) in [5.74, 6) is 0. The molecule has 0 amide bonds. The van der Waals surface area contributed by atoms with E-state index in [1.54, 1.807) is 0 Å². The number of benzene rings is 8. The second-order valence-electron chi connectivity index (χ2n) is 16.1. The van der Waals surface area contributed by atoms with Gasteiger partial charge < -0.3 is 4.90 Å². The van der Waals surface area contributed by atoms with Gasteiger partial charge in [0, 0.05) is 27.8 Å². The fourth-order valence-corrected chi connectivity index (χ4v) is 9.43. The topological polar surface area (TPSA) is 3.24 Å². The normalized spacial score (nSPS) is 14.1. The summed E-state index contributed by atoms with van der Waals surface area (Å²) < 4.78 is 0. The molecule has 0 N–H and O–H groups in total. The zero-order chi connectivity index (χ0) is 37.3. The van der Waals surface area contributed by atoms with E-state index in [0.717, 1.165) is 17.1 Å². The summed E-state index contributed by atoms with van der Waals surface area (Å²) in [5.41, 5.74) is 21.2. The molecule has 0 heterocycles. The van der Waals surface area contributed by atoms with Crippen molar-refractivity contribution in [1.29, 1.82) is 0 Å². The number of hydrogen-bond acceptors (Lipinski definition) is 1. The highest BCUT2D eigenvalue weighted by Crippen LogP contribution is 2.54. The largest absolute Gasteiger partial charge is 0.310 e. The first-order chi connectivity index (χ1) is 26.8. The number of para-hydroxylation sites is 1. The van der Waals surface area contributed by atoms with Gasteiger partial charge in [0.15, 0.2) is 0 Å². The highest BCUT2D eigenvalue weighted by molar-refractivity contribution is 5.97. The maximum Gasteiger partial charge on any atom is 0.0540 e. The van der Waals surface area contributed by atoms with Gasteiger partial charge in [-0.05, 0) is 109 Å². The van der Waals surface area contributed by atoms with E-state index in [-0.39, 0.29) is 10.8 Å². The van der Waals surface area contributed by atoms with E-state index in [0.29, 0.717) is 0 Å². The Balaban J connectivity index is 1.23. The molecule has 55 heavy (non-hydrogen) atoms. The van der Waals surface area contributed by atoms with Crippen molar-refractivity contribution in [2.24, 2.45) is 0 Å². The molecule has 8 aromatic rings. The molecule has 0 atom stereocenters. The Bertz CT molecular complexity index is 2650. The van der Waals surface area contributed by atoms with Crippen LogP contribution in [0.1, 0.15) is 49.9 Å². The van der Waals surface area contributed by atoms with E-state index in [4.69, 9.17) is 0 Å². The summed E-state index contributed by atoms with van der Waals surface area (Å²) >= 11 is 0. The molecule has 0 saturated carbocycles. The number of anilines is 3. The Morgan fingerprint density at radius 2 is 0.727 bits per heavy atom. The van der Waals surface area contributed by atoms with Crippen molar-refractivity contribution < 1.29 is 0 Å². The fourth-order valence-electron chi connectivity index (χ4n) is 9.43. The first-order valence-corrected chi connectivity index (χ1v) is 19.4. The van der Waals surface area contributed by atoms with Gasteiger partial charge in [0.1, 0.15) is 0 Å². The molecule has 0 aromatic heterocycles. The van der Waals surface area contributed by atoms with E-state index in [9.17, 15) is 0 Å². The minimum absolute atomic E-state index is 0.126. The van der Waals surface area contributed by atoms with Crippen molar-refractivity contribution >= 4 is 17.1 Å². The second kappa shape index (κ2) is 12.6. The summed E-state index contributed by atoms with van der Waals surface area (Å²) in [5, 5.41) is 0. The zero-order valence-corrected chi connectivity index (χ0v) is 31.8. The van der Waals surface area contributed by atoms with Crippen LogP contribution in [0.15, 0.2) is 188 Å². The number of hydrogen-bond donors (Lipinski definition) is 0. The summed E-state index contributed by atoms with van der Waals surface area (Å²) in [6, 6.07) is 69.6. The summed E-state index contributed by atoms with van der Waals surface area (Å²) in [7, 11) is 0. The highest BCUT2D eigenvalue weighted by atomic mass is 15.1. The van der Waals surface area contributed by atoms with E-state index < -0.39 is 0 Å². The van der Waals surface area contributed by atoms with Crippen molar-refractivity contribution in [2.45, 2.75) is 38.5 Å². The van der Waals surface area contributed by atoms with Gasteiger partial charge in [-0.25, -0.2) is 0 Å². The Morgan fingerprint density at radius 3 is 1.29 bits per heavy atom. The van der Waals surface area contributed by atoms with Gasteiger partial charge in [0.2, 0.25) is 0 Å². The molecule has 1 heteroatoms. The third-order valence-electron chi connectivity index (χ3n) is 12.3. The Morgan fingerprint density at radius 1 is 0.291 bits per heavy atom. The number of fused-ring (bicyclic) bond motifs is 6. The van der Waals surface area contributed by atoms with Crippen molar-refractivity contribution in [1.82, 2.24) is 0 Å². The lowest BCUT2D eigenvalue weighted by atomic mass is 9.82. The van der Waals surface area contributed by atoms with E-state index in [1.165, 1.54) is 77.9 Å². The molecule has 0 aliphatic heterocycles. The van der Waals surface area contributed by atoms with Crippen LogP contribution in [0, 0.1) is 0 Å². The van der Waals surface area contributed by atoms with Crippen LogP contribution in [0.4, 0.5) is 17.1 Å². The Labute approximate surface area is 325 Å². The summed E-state index contributed by atoms with van der Waals surface area (Å²) in [6.07, 6.45) is 0. The molecule has 264 valence electrons. The highest BCUT2D eigenvalue weighted by Gasteiger charge is 2.38. The molecule has 0 unspecified atom stereocenters. The Hall–Kier alpha value is -6.44. The van der Waals surface area contributed by atoms with Crippen LogP contribution in [-0.4, -0.2) is 0 Å². The number of nitrogens with zero attached hydrogens (tertiary/aromatic N) is 1. The lowest BCUT2D eigenvalue weighted by molar-refractivity contribution is 0.660. The predicted octanol–water partition coefficient (Wildman–Crippen LogP) is 14.8. The van der Waals surface area contributed by atoms with Crippen LogP contribution >= 0.6 is 0 Å². The minimum atomic E-state index is -0.126. The van der Waals surface area contributed by atoms with Crippen LogP contribution < -0.4 is 4.90 Å². The van der Waals surface area contributed by atoms with E-state index >= 15 is 0 Å². The molecule has 8 aromatic carbocycles. The average Bonchev–Trinajstić information content (AvgIpc) is 3.60. The number of rotatable bonds is 6. The maximum absolute atomic E-state index is 2.51. The SMILES string of the molecule is CC1(C)c2ccccc2-c2ccc(N(c3ccc4c(c3)C(C)(C)c3ccccc3-4)c3ccccc3-c3cc(-c4ccccc4)ccc3-c3ccccc3)cc21. The van der Waals surface area contributed by atoms with Gasteiger partial charge in [0.25, 0.3) is 0 Å². The summed E-state index contributed by atoms with van der Waals surface area (Å²) in [6.45, 7) is 9.48. The maximum atomic E-state index is 2.51. The zero-order valence-electron chi connectivity index (χ0n) is 31.8. The molecule has 10 rings (SSSR count). The third kappa shape index (κ3) is 5.22. The van der Waals surface area contributed by atoms with Crippen molar-refractivity contribution in [3.8, 4) is 55.6 Å². The van der Waals surface area contributed by atoms with Crippen molar-refractivity contribution in [3.05, 3.63) is 210 Å². The fraction of sp³-hybridized carbons (Fsp3) is 0.111. The lowest BCUT2D eigenvalue weighted by Gasteiger charge is -2.31. The van der Waals surface area contributed by atoms with Gasteiger partial charge in [0.05, 0.1) is 5.69 Å². The van der Waals surface area contributed by atoms with E-state index in [1.807, 2.05) is 0 Å². The monoisotopic (exact) mass is 705 g/mol. The smallest absolute Gasteiger partial charge is 0.0540 e. The molecular weight excluding hydrogens is 663 g/mol. The standard InChI is InChI=1S/C54H43N/c1-53(2)48-24-14-11-21-42(48)44-31-28-39(34-50(44)53)55(40-29-32-45-43-22-12-15-25-49(43)54(3,4)51(45)35-40)52-26-16-13-23-46(52)47-33-38(36-17-7-5-8-18-36)27-30-41(47)37-19-9-6-10-20-37/h5-35H,1-4H3. The first kappa shape index (κ1) is 33.2. The quantitative estimate of drug-likeness (QED) is 0.166. The first-order valence-electron chi connectivity index (χ1n) is 19.4. The molecule has 0 spiro atoms. The molecule has 1 nitrogen and oxygen atoms in total. The van der Waals surface area contributed by atoms with Crippen LogP contribution in [0.3, 0.4) is 0 Å². The molecule has 2 aliphatic carbocycles. The van der Waals surface area contributed by atoms with Gasteiger partial charge in [-0.1, -0.05) is 179 Å². The Kier molecular flexibility index (Phi) is 7.58. The molecule has 0 radical (unpaired) electrons. The molecule has 0 saturated heterocycles. The third-order valence-corrected chi connectivity index (χ3v) is 12.3. The van der Waals surface area contributed by atoms with Crippen LogP contribution in [0.25, 0.3) is 55.6 Å². The van der Waals surface area contributed by atoms with Crippen molar-refractivity contribution in [2.75, 3.05) is 4.90 Å². The van der Waals surface area contributed by atoms with Gasteiger partial charge in [-0.2, -0.15) is 0 Å². The average molecular weight is 706 g/mol. The second-order valence-corrected chi connectivity index (χ2v) is 16.1. The van der Waals surface area contributed by atoms with E-state index in [2.05, 4.69) is 221 Å². The lowest BCUT2D eigenvalue weighted by Crippen LogP contribution is -2.18. The van der Waals surface area contributed by atoms with Gasteiger partial charge >= 0.3 is 0 Å². The van der Waals surface area contributed by atoms with Crippen LogP contribution in [-0.2, 0) is 10.8 Å². The van der Waals surface area contributed by atoms with Gasteiger partial charge in [-0.15, -0.1) is 0 Å². The molecule has 0 bridgehead atoms.